The first-order valence-electron chi connectivity index (χ1n) is 6.22. The predicted molar refractivity (Wildman–Crippen MR) is 84.0 cm³/mol. The molecule has 1 N–H and O–H groups in total. The van der Waals surface area contributed by atoms with Gasteiger partial charge >= 0.3 is 0 Å². The van der Waals surface area contributed by atoms with Crippen LogP contribution in [0.5, 0.6) is 5.75 Å². The predicted octanol–water partition coefficient (Wildman–Crippen LogP) is 3.26. The number of nitrogens with zero attached hydrogens (tertiary/aromatic N) is 2. The number of methoxy groups -OCH3 is 1. The third-order valence-electron chi connectivity index (χ3n) is 2.54. The molecule has 21 heavy (non-hydrogen) atoms. The van der Waals surface area contributed by atoms with E-state index in [1.54, 1.807) is 43.8 Å². The van der Waals surface area contributed by atoms with Crippen molar-refractivity contribution in [2.45, 2.75) is 11.6 Å². The highest BCUT2D eigenvalue weighted by Crippen LogP contribution is 2.27. The smallest absolute Gasteiger partial charge is 0.225 e. The van der Waals surface area contributed by atoms with E-state index < -0.39 is 0 Å². The number of benzene rings is 1. The van der Waals surface area contributed by atoms with Crippen LogP contribution in [0.25, 0.3) is 0 Å². The molecule has 2 aromatic rings. The van der Waals surface area contributed by atoms with Crippen LogP contribution in [0.2, 0.25) is 5.02 Å². The normalized spacial score (nSPS) is 10.2. The molecule has 0 radical (unpaired) electrons. The average Bonchev–Trinajstić information content (AvgIpc) is 2.48. The number of halogens is 1. The lowest BCUT2D eigenvalue weighted by Gasteiger charge is -2.10. The van der Waals surface area contributed by atoms with Crippen molar-refractivity contribution in [2.75, 3.05) is 18.2 Å². The lowest BCUT2D eigenvalue weighted by Crippen LogP contribution is -2.13. The molecule has 0 atom stereocenters. The van der Waals surface area contributed by atoms with Crippen molar-refractivity contribution in [1.82, 2.24) is 9.97 Å². The van der Waals surface area contributed by atoms with Crippen LogP contribution in [0.3, 0.4) is 0 Å². The average molecular weight is 324 g/mol. The first-order chi connectivity index (χ1) is 10.2. The van der Waals surface area contributed by atoms with Crippen molar-refractivity contribution in [3.8, 4) is 5.75 Å². The summed E-state index contributed by atoms with van der Waals surface area (Å²) in [7, 11) is 1.54. The Balaban J connectivity index is 1.86. The van der Waals surface area contributed by atoms with Gasteiger partial charge in [-0.15, -0.1) is 0 Å². The monoisotopic (exact) mass is 323 g/mol. The summed E-state index contributed by atoms with van der Waals surface area (Å²) in [5.41, 5.74) is 0.566. The van der Waals surface area contributed by atoms with Crippen LogP contribution in [0.4, 0.5) is 5.69 Å². The van der Waals surface area contributed by atoms with Gasteiger partial charge in [0.25, 0.3) is 0 Å². The van der Waals surface area contributed by atoms with Gasteiger partial charge in [-0.05, 0) is 24.3 Å². The number of aromatic nitrogens is 2. The van der Waals surface area contributed by atoms with Crippen LogP contribution in [0.15, 0.2) is 41.8 Å². The SMILES string of the molecule is COc1ccc(Cl)cc1NC(=O)CCSc1ncccn1. The number of nitrogens with one attached hydrogen (secondary N) is 1. The lowest BCUT2D eigenvalue weighted by molar-refractivity contribution is -0.115. The van der Waals surface area contributed by atoms with E-state index in [1.165, 1.54) is 11.8 Å². The van der Waals surface area contributed by atoms with Gasteiger partial charge in [-0.2, -0.15) is 0 Å². The molecular weight excluding hydrogens is 310 g/mol. The number of rotatable bonds is 6. The summed E-state index contributed by atoms with van der Waals surface area (Å²) in [4.78, 5) is 20.1. The molecule has 0 aliphatic carbocycles. The van der Waals surface area contributed by atoms with E-state index >= 15 is 0 Å². The Kier molecular flexibility index (Phi) is 5.83. The van der Waals surface area contributed by atoms with Crippen molar-refractivity contribution in [2.24, 2.45) is 0 Å². The number of hydrogen-bond donors (Lipinski definition) is 1. The highest BCUT2D eigenvalue weighted by atomic mass is 35.5. The van der Waals surface area contributed by atoms with Gasteiger partial charge in [0.05, 0.1) is 12.8 Å². The largest absolute Gasteiger partial charge is 0.495 e. The summed E-state index contributed by atoms with van der Waals surface area (Å²) in [5, 5.41) is 3.98. The molecule has 0 fully saturated rings. The van der Waals surface area contributed by atoms with Crippen LogP contribution in [0, 0.1) is 0 Å². The van der Waals surface area contributed by atoms with Crippen molar-refractivity contribution in [3.63, 3.8) is 0 Å². The summed E-state index contributed by atoms with van der Waals surface area (Å²) in [5.74, 6) is 1.06. The number of ether oxygens (including phenoxy) is 1. The fraction of sp³-hybridized carbons (Fsp3) is 0.214. The maximum Gasteiger partial charge on any atom is 0.225 e. The van der Waals surface area contributed by atoms with Gasteiger partial charge in [0.15, 0.2) is 5.16 Å². The van der Waals surface area contributed by atoms with E-state index in [2.05, 4.69) is 15.3 Å². The number of carbonyl (C=O) groups is 1. The quantitative estimate of drug-likeness (QED) is 0.653. The molecule has 1 aromatic carbocycles. The number of amides is 1. The molecule has 2 rings (SSSR count). The molecule has 0 aliphatic heterocycles. The lowest BCUT2D eigenvalue weighted by atomic mass is 10.3. The number of thioether (sulfide) groups is 1. The zero-order chi connectivity index (χ0) is 15.1. The molecule has 110 valence electrons. The Morgan fingerprint density at radius 2 is 2.14 bits per heavy atom. The molecule has 0 saturated carbocycles. The van der Waals surface area contributed by atoms with Crippen LogP contribution in [0.1, 0.15) is 6.42 Å². The molecule has 1 heterocycles. The van der Waals surface area contributed by atoms with Gasteiger partial charge < -0.3 is 10.1 Å². The van der Waals surface area contributed by atoms with Gasteiger partial charge in [0, 0.05) is 29.6 Å². The van der Waals surface area contributed by atoms with E-state index in [9.17, 15) is 4.79 Å². The Hall–Kier alpha value is -1.79. The minimum Gasteiger partial charge on any atom is -0.495 e. The van der Waals surface area contributed by atoms with Gasteiger partial charge in [0.1, 0.15) is 5.75 Å². The second kappa shape index (κ2) is 7.85. The fourth-order valence-electron chi connectivity index (χ4n) is 1.59. The zero-order valence-corrected chi connectivity index (χ0v) is 12.9. The van der Waals surface area contributed by atoms with Crippen LogP contribution >= 0.6 is 23.4 Å². The molecule has 0 bridgehead atoms. The third kappa shape index (κ3) is 4.91. The van der Waals surface area contributed by atoms with Crippen molar-refractivity contribution in [3.05, 3.63) is 41.7 Å². The first-order valence-corrected chi connectivity index (χ1v) is 7.58. The van der Waals surface area contributed by atoms with E-state index in [-0.39, 0.29) is 5.91 Å². The molecule has 0 saturated heterocycles. The second-order valence-corrected chi connectivity index (χ2v) is 5.52. The molecule has 1 aromatic heterocycles. The number of carbonyl (C=O) groups excluding carboxylic acids is 1. The molecule has 0 unspecified atom stereocenters. The third-order valence-corrected chi connectivity index (χ3v) is 3.65. The highest BCUT2D eigenvalue weighted by Gasteiger charge is 2.08. The summed E-state index contributed by atoms with van der Waals surface area (Å²) in [6.45, 7) is 0. The van der Waals surface area contributed by atoms with Crippen LogP contribution in [-0.4, -0.2) is 28.7 Å². The minimum atomic E-state index is -0.112. The van der Waals surface area contributed by atoms with Gasteiger partial charge in [-0.1, -0.05) is 23.4 Å². The maximum absolute atomic E-state index is 11.9. The molecule has 1 amide bonds. The van der Waals surface area contributed by atoms with Crippen LogP contribution < -0.4 is 10.1 Å². The Bertz CT molecular complexity index is 610. The second-order valence-electron chi connectivity index (χ2n) is 4.02. The molecule has 5 nitrogen and oxygen atoms in total. The van der Waals surface area contributed by atoms with Crippen molar-refractivity contribution < 1.29 is 9.53 Å². The standard InChI is InChI=1S/C14H14ClN3O2S/c1-20-12-4-3-10(15)9-11(12)18-13(19)5-8-21-14-16-6-2-7-17-14/h2-4,6-7,9H,5,8H2,1H3,(H,18,19). The first kappa shape index (κ1) is 15.6. The van der Waals surface area contributed by atoms with Gasteiger partial charge in [0.2, 0.25) is 5.91 Å². The van der Waals surface area contributed by atoms with E-state index in [4.69, 9.17) is 16.3 Å². The molecule has 0 aliphatic rings. The van der Waals surface area contributed by atoms with Crippen LogP contribution in [-0.2, 0) is 4.79 Å². The zero-order valence-electron chi connectivity index (χ0n) is 11.4. The molecule has 7 heteroatoms. The molecule has 0 spiro atoms. The van der Waals surface area contributed by atoms with E-state index in [0.717, 1.165) is 0 Å². The topological polar surface area (TPSA) is 64.1 Å². The highest BCUT2D eigenvalue weighted by molar-refractivity contribution is 7.99. The Morgan fingerprint density at radius 3 is 2.86 bits per heavy atom. The Labute approximate surface area is 132 Å². The fourth-order valence-corrected chi connectivity index (χ4v) is 2.50. The number of anilines is 1. The van der Waals surface area contributed by atoms with Crippen molar-refractivity contribution in [1.29, 1.82) is 0 Å². The summed E-state index contributed by atoms with van der Waals surface area (Å²) < 4.78 is 5.18. The molecular formula is C14H14ClN3O2S. The van der Waals surface area contributed by atoms with Gasteiger partial charge in [-0.3, -0.25) is 4.79 Å². The van der Waals surface area contributed by atoms with E-state index in [0.29, 0.717) is 33.8 Å². The van der Waals surface area contributed by atoms with Crippen molar-refractivity contribution >= 4 is 35.0 Å². The van der Waals surface area contributed by atoms with Gasteiger partial charge in [-0.25, -0.2) is 9.97 Å². The minimum absolute atomic E-state index is 0.112. The number of hydrogen-bond acceptors (Lipinski definition) is 5. The summed E-state index contributed by atoms with van der Waals surface area (Å²) in [6.07, 6.45) is 3.69. The summed E-state index contributed by atoms with van der Waals surface area (Å²) in [6, 6.07) is 6.83. The maximum atomic E-state index is 11.9. The van der Waals surface area contributed by atoms with E-state index in [1.807, 2.05) is 0 Å². The Morgan fingerprint density at radius 1 is 1.38 bits per heavy atom. The summed E-state index contributed by atoms with van der Waals surface area (Å²) >= 11 is 7.35.